The van der Waals surface area contributed by atoms with Crippen molar-refractivity contribution in [2.75, 3.05) is 7.11 Å². The van der Waals surface area contributed by atoms with E-state index < -0.39 is 53.4 Å². The monoisotopic (exact) mass is 631 g/mol. The summed E-state index contributed by atoms with van der Waals surface area (Å²) in [5.41, 5.74) is 0.439. The van der Waals surface area contributed by atoms with E-state index in [1.165, 1.54) is 29.3 Å². The lowest BCUT2D eigenvalue weighted by Crippen LogP contribution is -2.53. The van der Waals surface area contributed by atoms with Gasteiger partial charge in [0.1, 0.15) is 0 Å². The molecule has 2 amide bonds. The summed E-state index contributed by atoms with van der Waals surface area (Å²) in [7, 11) is 0.797. The van der Waals surface area contributed by atoms with Gasteiger partial charge in [0.25, 0.3) is 5.60 Å². The Morgan fingerprint density at radius 3 is 2.16 bits per heavy atom. The predicted molar refractivity (Wildman–Crippen MR) is 165 cm³/mol. The number of carbonyl (C=O) groups excluding carboxylic acids is 3. The number of halogens is 3. The molecule has 4 atom stereocenters. The fraction of sp³-hybridized carbons (Fsp3) is 0.514. The lowest BCUT2D eigenvalue weighted by molar-refractivity contribution is -0.285. The molecule has 0 bridgehead atoms. The standard InChI is InChI=1S/C35H44F3NO6/c1-23(2)12-9-13-24(3)14-10-15-25(4)16-11-17-26-20-21-29(28-22-30(40)39-31(28)41)44-32(26)45-33(42)34(43-5,35(36,37)38)27-18-7-6-8-19-27/h6-8,12,14,16,18-20,28-29,32H,9-11,13,15,17,21-22H2,1-5H3,(H,39,40,41)/b24-14+,25-16+/t28-,29+,32+,34-/m0/s1. The van der Waals surface area contributed by atoms with Crippen molar-refractivity contribution >= 4 is 17.8 Å². The van der Waals surface area contributed by atoms with Gasteiger partial charge in [0.2, 0.25) is 18.1 Å². The minimum absolute atomic E-state index is 0.118. The van der Waals surface area contributed by atoms with Crippen LogP contribution in [0.5, 0.6) is 0 Å². The van der Waals surface area contributed by atoms with E-state index in [0.717, 1.165) is 50.5 Å². The second-order valence-electron chi connectivity index (χ2n) is 11.9. The number of imide groups is 1. The molecule has 7 nitrogen and oxygen atoms in total. The van der Waals surface area contributed by atoms with E-state index in [9.17, 15) is 27.6 Å². The molecule has 1 saturated heterocycles. The zero-order valence-electron chi connectivity index (χ0n) is 26.7. The molecule has 10 heteroatoms. The van der Waals surface area contributed by atoms with Crippen molar-refractivity contribution in [1.29, 1.82) is 0 Å². The maximum absolute atomic E-state index is 14.5. The zero-order chi connectivity index (χ0) is 33.2. The molecule has 0 aromatic heterocycles. The summed E-state index contributed by atoms with van der Waals surface area (Å²) >= 11 is 0. The molecule has 0 radical (unpaired) electrons. The maximum Gasteiger partial charge on any atom is 0.432 e. The summed E-state index contributed by atoms with van der Waals surface area (Å²) in [6.07, 6.45) is 5.54. The molecule has 2 heterocycles. The Morgan fingerprint density at radius 1 is 0.978 bits per heavy atom. The van der Waals surface area contributed by atoms with Crippen molar-refractivity contribution in [3.63, 3.8) is 0 Å². The molecule has 2 aliphatic heterocycles. The first-order valence-electron chi connectivity index (χ1n) is 15.3. The summed E-state index contributed by atoms with van der Waals surface area (Å²) in [4.78, 5) is 37.6. The molecule has 0 saturated carbocycles. The first-order valence-corrected chi connectivity index (χ1v) is 15.3. The van der Waals surface area contributed by atoms with Gasteiger partial charge in [0.15, 0.2) is 0 Å². The molecule has 0 spiro atoms. The largest absolute Gasteiger partial charge is 0.432 e. The van der Waals surface area contributed by atoms with Crippen LogP contribution in [-0.4, -0.2) is 43.5 Å². The minimum atomic E-state index is -5.16. The maximum atomic E-state index is 14.5. The van der Waals surface area contributed by atoms with Crippen LogP contribution in [0.4, 0.5) is 13.2 Å². The molecular formula is C35H44F3NO6. The number of esters is 1. The van der Waals surface area contributed by atoms with E-state index >= 15 is 0 Å². The van der Waals surface area contributed by atoms with Gasteiger partial charge in [-0.15, -0.1) is 0 Å². The Kier molecular flexibility index (Phi) is 12.9. The van der Waals surface area contributed by atoms with E-state index in [1.807, 2.05) is 6.92 Å². The Morgan fingerprint density at radius 2 is 1.60 bits per heavy atom. The Labute approximate surface area is 263 Å². The van der Waals surface area contributed by atoms with Crippen LogP contribution >= 0.6 is 0 Å². The summed E-state index contributed by atoms with van der Waals surface area (Å²) < 4.78 is 59.9. The van der Waals surface area contributed by atoms with E-state index in [-0.39, 0.29) is 12.8 Å². The van der Waals surface area contributed by atoms with Gasteiger partial charge in [-0.25, -0.2) is 4.79 Å². The number of hydrogen-bond donors (Lipinski definition) is 1. The first kappa shape index (κ1) is 36.0. The molecule has 45 heavy (non-hydrogen) atoms. The molecule has 246 valence electrons. The van der Waals surface area contributed by atoms with Crippen LogP contribution in [0.15, 0.2) is 76.9 Å². The van der Waals surface area contributed by atoms with E-state index in [0.29, 0.717) is 18.4 Å². The Bertz CT molecular complexity index is 1330. The van der Waals surface area contributed by atoms with Crippen molar-refractivity contribution in [1.82, 2.24) is 5.32 Å². The zero-order valence-corrected chi connectivity index (χ0v) is 26.7. The lowest BCUT2D eigenvalue weighted by Gasteiger charge is -2.36. The molecule has 1 aromatic carbocycles. The van der Waals surface area contributed by atoms with Crippen LogP contribution in [0.25, 0.3) is 0 Å². The highest BCUT2D eigenvalue weighted by molar-refractivity contribution is 6.03. The molecular weight excluding hydrogens is 587 g/mol. The van der Waals surface area contributed by atoms with Gasteiger partial charge in [0, 0.05) is 19.1 Å². The first-order chi connectivity index (χ1) is 21.3. The highest BCUT2D eigenvalue weighted by Gasteiger charge is 2.64. The second kappa shape index (κ2) is 16.2. The number of rotatable bonds is 14. The number of alkyl halides is 3. The highest BCUT2D eigenvalue weighted by Crippen LogP contribution is 2.44. The van der Waals surface area contributed by atoms with Crippen molar-refractivity contribution in [3.05, 3.63) is 82.5 Å². The fourth-order valence-electron chi connectivity index (χ4n) is 5.51. The summed E-state index contributed by atoms with van der Waals surface area (Å²) in [6.45, 7) is 8.33. The summed E-state index contributed by atoms with van der Waals surface area (Å²) in [5, 5.41) is 2.22. The number of carbonyl (C=O) groups is 3. The van der Waals surface area contributed by atoms with Gasteiger partial charge >= 0.3 is 12.1 Å². The second-order valence-corrected chi connectivity index (χ2v) is 11.9. The van der Waals surface area contributed by atoms with Crippen LogP contribution in [0.2, 0.25) is 0 Å². The lowest BCUT2D eigenvalue weighted by atomic mass is 9.92. The van der Waals surface area contributed by atoms with Gasteiger partial charge in [-0.3, -0.25) is 14.9 Å². The van der Waals surface area contributed by atoms with E-state index in [1.54, 1.807) is 6.08 Å². The minimum Gasteiger partial charge on any atom is -0.429 e. The van der Waals surface area contributed by atoms with E-state index in [2.05, 4.69) is 44.3 Å². The molecule has 0 unspecified atom stereocenters. The quantitative estimate of drug-likeness (QED) is 0.130. The Balaban J connectivity index is 1.76. The average Bonchev–Trinajstić information content (AvgIpc) is 3.31. The molecule has 1 aromatic rings. The van der Waals surface area contributed by atoms with Gasteiger partial charge in [0.05, 0.1) is 12.0 Å². The van der Waals surface area contributed by atoms with Crippen LogP contribution in [0.3, 0.4) is 0 Å². The van der Waals surface area contributed by atoms with Crippen LogP contribution < -0.4 is 5.32 Å². The number of allylic oxidation sites excluding steroid dienone is 6. The summed E-state index contributed by atoms with van der Waals surface area (Å²) in [5.74, 6) is -3.53. The number of benzene rings is 1. The van der Waals surface area contributed by atoms with Crippen LogP contribution in [0, 0.1) is 5.92 Å². The third-order valence-electron chi connectivity index (χ3n) is 8.10. The van der Waals surface area contributed by atoms with Gasteiger partial charge in [-0.2, -0.15) is 13.2 Å². The molecule has 2 aliphatic rings. The molecule has 1 N–H and O–H groups in total. The highest BCUT2D eigenvalue weighted by atomic mass is 19.4. The van der Waals surface area contributed by atoms with E-state index in [4.69, 9.17) is 14.2 Å². The predicted octanol–water partition coefficient (Wildman–Crippen LogP) is 7.54. The summed E-state index contributed by atoms with van der Waals surface area (Å²) in [6, 6.07) is 6.54. The number of amides is 2. The van der Waals surface area contributed by atoms with Crippen LogP contribution in [0.1, 0.15) is 84.6 Å². The van der Waals surface area contributed by atoms with Crippen molar-refractivity contribution < 1.29 is 41.8 Å². The number of hydrogen-bond acceptors (Lipinski definition) is 6. The molecule has 1 fully saturated rings. The van der Waals surface area contributed by atoms with Gasteiger partial charge < -0.3 is 14.2 Å². The fourth-order valence-corrected chi connectivity index (χ4v) is 5.51. The normalized spacial score (nSPS) is 22.4. The van der Waals surface area contributed by atoms with Crippen LogP contribution in [-0.2, 0) is 34.2 Å². The molecule has 0 aliphatic carbocycles. The van der Waals surface area contributed by atoms with Gasteiger partial charge in [-0.05, 0) is 78.2 Å². The molecule has 3 rings (SSSR count). The number of ether oxygens (including phenoxy) is 3. The third kappa shape index (κ3) is 9.50. The average molecular weight is 632 g/mol. The Hall–Kier alpha value is -3.50. The SMILES string of the molecule is CO[C@](C(=O)O[C@H]1O[C@@H]([C@@H]2CC(=O)NC2=O)CC=C1CC/C=C(\C)CC/C=C(\C)CCC=C(C)C)(c1ccccc1)C(F)(F)F. The van der Waals surface area contributed by atoms with Crippen molar-refractivity contribution in [2.24, 2.45) is 5.92 Å². The van der Waals surface area contributed by atoms with Gasteiger partial charge in [-0.1, -0.05) is 71.4 Å². The topological polar surface area (TPSA) is 90.9 Å². The van der Waals surface area contributed by atoms with Crippen molar-refractivity contribution in [2.45, 2.75) is 103 Å². The van der Waals surface area contributed by atoms with Crippen molar-refractivity contribution in [3.8, 4) is 0 Å². The third-order valence-corrected chi connectivity index (χ3v) is 8.10. The smallest absolute Gasteiger partial charge is 0.429 e. The number of nitrogens with one attached hydrogen (secondary N) is 1. The number of methoxy groups -OCH3 is 1.